The van der Waals surface area contributed by atoms with E-state index in [2.05, 4.69) is 17.1 Å². The molecule has 0 radical (unpaired) electrons. The Kier molecular flexibility index (Phi) is 4.43. The maximum atomic E-state index is 13.6. The number of benzene rings is 1. The van der Waals surface area contributed by atoms with Crippen molar-refractivity contribution in [3.05, 3.63) is 71.3 Å². The maximum Gasteiger partial charge on any atom is 0.159 e. The molecule has 2 fully saturated rings. The fourth-order valence-electron chi connectivity index (χ4n) is 4.84. The first-order chi connectivity index (χ1) is 13.6. The largest absolute Gasteiger partial charge is 0.387 e. The molecule has 1 unspecified atom stereocenters. The predicted molar refractivity (Wildman–Crippen MR) is 103 cm³/mol. The average Bonchev–Trinajstić information content (AvgIpc) is 3.45. The second kappa shape index (κ2) is 6.96. The summed E-state index contributed by atoms with van der Waals surface area (Å²) in [5, 5.41) is 11.3. The van der Waals surface area contributed by atoms with Crippen LogP contribution < -0.4 is 0 Å². The van der Waals surface area contributed by atoms with Crippen molar-refractivity contribution in [3.8, 4) is 0 Å². The van der Waals surface area contributed by atoms with Crippen LogP contribution in [0, 0.1) is 17.6 Å². The minimum atomic E-state index is -0.797. The third-order valence-corrected chi connectivity index (χ3v) is 6.59. The second-order valence-corrected chi connectivity index (χ2v) is 8.37. The number of aliphatic hydroxyl groups excluding tert-OH is 1. The minimum absolute atomic E-state index is 0.173. The summed E-state index contributed by atoms with van der Waals surface area (Å²) in [7, 11) is 0. The molecule has 5 heteroatoms. The molecule has 0 spiro atoms. The molecule has 5 rings (SSSR count). The highest BCUT2D eigenvalue weighted by atomic mass is 19.2. The molecule has 1 atom stereocenters. The molecule has 0 bridgehead atoms. The van der Waals surface area contributed by atoms with Crippen LogP contribution in [-0.2, 0) is 0 Å². The quantitative estimate of drug-likeness (QED) is 0.647. The summed E-state index contributed by atoms with van der Waals surface area (Å²) in [5.74, 6) is -0.623. The van der Waals surface area contributed by atoms with Gasteiger partial charge in [0.2, 0.25) is 0 Å². The monoisotopic (exact) mass is 382 g/mol. The van der Waals surface area contributed by atoms with Gasteiger partial charge in [-0.1, -0.05) is 12.1 Å². The fourth-order valence-corrected chi connectivity index (χ4v) is 4.84. The van der Waals surface area contributed by atoms with Crippen molar-refractivity contribution < 1.29 is 13.9 Å². The number of aliphatic hydroxyl groups is 1. The summed E-state index contributed by atoms with van der Waals surface area (Å²) in [4.78, 5) is 4.26. The molecule has 28 heavy (non-hydrogen) atoms. The molecule has 1 aromatic carbocycles. The van der Waals surface area contributed by atoms with E-state index in [1.165, 1.54) is 30.5 Å². The van der Waals surface area contributed by atoms with Crippen LogP contribution >= 0.6 is 0 Å². The first-order valence-corrected chi connectivity index (χ1v) is 10.2. The van der Waals surface area contributed by atoms with Crippen LogP contribution in [0.25, 0.3) is 5.52 Å². The highest BCUT2D eigenvalue weighted by molar-refractivity contribution is 5.50. The molecule has 3 aromatic rings. The summed E-state index contributed by atoms with van der Waals surface area (Å²) >= 11 is 0. The van der Waals surface area contributed by atoms with E-state index >= 15 is 0 Å². The summed E-state index contributed by atoms with van der Waals surface area (Å²) in [6.07, 6.45) is 8.97. The molecule has 2 saturated carbocycles. The SMILES string of the molecule is OC(c1c(C2CC2)ccc2cncn12)C1CCC(c2ccc(F)c(F)c2)CC1. The zero-order valence-corrected chi connectivity index (χ0v) is 15.7. The lowest BCUT2D eigenvalue weighted by Gasteiger charge is -2.33. The average molecular weight is 382 g/mol. The predicted octanol–water partition coefficient (Wildman–Crippen LogP) is 5.50. The Hall–Kier alpha value is -2.27. The summed E-state index contributed by atoms with van der Waals surface area (Å²) in [5.41, 5.74) is 4.12. The summed E-state index contributed by atoms with van der Waals surface area (Å²) < 4.78 is 28.8. The molecular formula is C23H24F2N2O. The van der Waals surface area contributed by atoms with Gasteiger partial charge < -0.3 is 9.51 Å². The Bertz CT molecular complexity index is 1000. The fraction of sp³-hybridized carbons (Fsp3) is 0.435. The van der Waals surface area contributed by atoms with Crippen LogP contribution in [0.4, 0.5) is 8.78 Å². The van der Waals surface area contributed by atoms with Gasteiger partial charge in [-0.15, -0.1) is 0 Å². The van der Waals surface area contributed by atoms with Gasteiger partial charge in [0.1, 0.15) is 0 Å². The Morgan fingerprint density at radius 2 is 1.68 bits per heavy atom. The highest BCUT2D eigenvalue weighted by Crippen LogP contribution is 2.47. The van der Waals surface area contributed by atoms with Crippen molar-refractivity contribution in [2.45, 2.75) is 56.5 Å². The molecule has 146 valence electrons. The lowest BCUT2D eigenvalue weighted by molar-refractivity contribution is 0.0754. The lowest BCUT2D eigenvalue weighted by Crippen LogP contribution is -2.22. The van der Waals surface area contributed by atoms with E-state index in [0.717, 1.165) is 42.5 Å². The van der Waals surface area contributed by atoms with E-state index in [1.54, 1.807) is 12.4 Å². The first-order valence-electron chi connectivity index (χ1n) is 10.2. The third-order valence-electron chi connectivity index (χ3n) is 6.59. The Morgan fingerprint density at radius 3 is 2.39 bits per heavy atom. The van der Waals surface area contributed by atoms with Crippen molar-refractivity contribution >= 4 is 5.52 Å². The second-order valence-electron chi connectivity index (χ2n) is 8.37. The van der Waals surface area contributed by atoms with Crippen LogP contribution in [0.1, 0.15) is 73.3 Å². The molecule has 2 heterocycles. The van der Waals surface area contributed by atoms with Crippen LogP contribution in [0.2, 0.25) is 0 Å². The Balaban J connectivity index is 1.37. The lowest BCUT2D eigenvalue weighted by atomic mass is 9.75. The number of fused-ring (bicyclic) bond motifs is 1. The van der Waals surface area contributed by atoms with Gasteiger partial charge in [-0.25, -0.2) is 13.8 Å². The minimum Gasteiger partial charge on any atom is -0.387 e. The van der Waals surface area contributed by atoms with E-state index in [4.69, 9.17) is 0 Å². The van der Waals surface area contributed by atoms with Gasteiger partial charge in [0.15, 0.2) is 11.6 Å². The van der Waals surface area contributed by atoms with Gasteiger partial charge in [0, 0.05) is 0 Å². The van der Waals surface area contributed by atoms with E-state index < -0.39 is 17.7 Å². The van der Waals surface area contributed by atoms with E-state index in [9.17, 15) is 13.9 Å². The number of rotatable bonds is 4. The van der Waals surface area contributed by atoms with Gasteiger partial charge in [-0.2, -0.15) is 0 Å². The van der Waals surface area contributed by atoms with Gasteiger partial charge in [0.25, 0.3) is 0 Å². The normalized spacial score (nSPS) is 23.8. The number of hydrogen-bond acceptors (Lipinski definition) is 2. The van der Waals surface area contributed by atoms with Crippen molar-refractivity contribution in [1.29, 1.82) is 0 Å². The molecule has 3 nitrogen and oxygen atoms in total. The maximum absolute atomic E-state index is 13.6. The molecule has 2 aromatic heterocycles. The number of aromatic nitrogens is 2. The van der Waals surface area contributed by atoms with E-state index in [0.29, 0.717) is 5.92 Å². The smallest absolute Gasteiger partial charge is 0.159 e. The van der Waals surface area contributed by atoms with Crippen LogP contribution in [0.15, 0.2) is 42.9 Å². The van der Waals surface area contributed by atoms with Crippen molar-refractivity contribution in [3.63, 3.8) is 0 Å². The molecule has 0 aliphatic heterocycles. The zero-order valence-electron chi connectivity index (χ0n) is 15.7. The Labute approximate surface area is 163 Å². The number of nitrogens with zero attached hydrogens (tertiary/aromatic N) is 2. The zero-order chi connectivity index (χ0) is 19.3. The third kappa shape index (κ3) is 3.12. The topological polar surface area (TPSA) is 37.5 Å². The molecule has 0 amide bonds. The van der Waals surface area contributed by atoms with Gasteiger partial charge in [-0.05, 0) is 85.6 Å². The number of pyridine rings is 1. The van der Waals surface area contributed by atoms with Gasteiger partial charge in [0.05, 0.1) is 29.8 Å². The van der Waals surface area contributed by atoms with Gasteiger partial charge in [-0.3, -0.25) is 0 Å². The van der Waals surface area contributed by atoms with Crippen molar-refractivity contribution in [1.82, 2.24) is 9.38 Å². The highest BCUT2D eigenvalue weighted by Gasteiger charge is 2.34. The van der Waals surface area contributed by atoms with E-state index in [-0.39, 0.29) is 11.8 Å². The van der Waals surface area contributed by atoms with Crippen LogP contribution in [-0.4, -0.2) is 14.5 Å². The number of hydrogen-bond donors (Lipinski definition) is 1. The standard InChI is InChI=1S/C23H24F2N2O/c24-20-10-7-17(11-21(20)25)14-1-5-16(6-2-14)23(28)22-19(15-3-4-15)9-8-18-12-26-13-27(18)22/h7-16,23,28H,1-6H2. The molecule has 2 aliphatic rings. The molecular weight excluding hydrogens is 358 g/mol. The Morgan fingerprint density at radius 1 is 0.929 bits per heavy atom. The van der Waals surface area contributed by atoms with Gasteiger partial charge >= 0.3 is 0 Å². The molecule has 2 aliphatic carbocycles. The van der Waals surface area contributed by atoms with Crippen molar-refractivity contribution in [2.75, 3.05) is 0 Å². The molecule has 0 saturated heterocycles. The van der Waals surface area contributed by atoms with Crippen molar-refractivity contribution in [2.24, 2.45) is 5.92 Å². The first kappa shape index (κ1) is 17.8. The summed E-state index contributed by atoms with van der Waals surface area (Å²) in [6, 6.07) is 8.47. The van der Waals surface area contributed by atoms with E-state index in [1.807, 2.05) is 10.6 Å². The molecule has 1 N–H and O–H groups in total. The van der Waals surface area contributed by atoms with Crippen LogP contribution in [0.3, 0.4) is 0 Å². The number of imidazole rings is 1. The van der Waals surface area contributed by atoms with Crippen LogP contribution in [0.5, 0.6) is 0 Å². The summed E-state index contributed by atoms with van der Waals surface area (Å²) in [6.45, 7) is 0. The number of halogens is 2.